The number of benzene rings is 2. The minimum Gasteiger partial charge on any atom is -0.388 e. The Hall–Kier alpha value is -2.66. The van der Waals surface area contributed by atoms with Crippen LogP contribution in [0.3, 0.4) is 0 Å². The minimum absolute atomic E-state index is 0.229. The lowest BCUT2D eigenvalue weighted by Gasteiger charge is -2.22. The maximum Gasteiger partial charge on any atom is 0.255 e. The number of carbonyl (C=O) groups is 2. The highest BCUT2D eigenvalue weighted by molar-refractivity contribution is 6.08. The van der Waals surface area contributed by atoms with Crippen LogP contribution in [0, 0.1) is 0 Å². The van der Waals surface area contributed by atoms with E-state index in [1.165, 1.54) is 0 Å². The van der Waals surface area contributed by atoms with Crippen molar-refractivity contribution >= 4 is 17.5 Å². The molecule has 0 aliphatic heterocycles. The Morgan fingerprint density at radius 2 is 1.56 bits per heavy atom. The van der Waals surface area contributed by atoms with Gasteiger partial charge in [0.1, 0.15) is 0 Å². The van der Waals surface area contributed by atoms with Gasteiger partial charge in [-0.2, -0.15) is 0 Å². The standard InChI is InChI=1S/C20H22N2O3/c23-18(15-8-2-1-3-9-15)22-17-11-5-4-10-16(17)19(24)21-14-20(25)12-6-7-13-20/h1-5,8-11,25H,6-7,12-14H2,(H,21,24)(H,22,23). The zero-order chi connectivity index (χ0) is 17.7. The number of amides is 2. The van der Waals surface area contributed by atoms with Gasteiger partial charge in [-0.1, -0.05) is 43.2 Å². The molecule has 5 heteroatoms. The topological polar surface area (TPSA) is 78.4 Å². The summed E-state index contributed by atoms with van der Waals surface area (Å²) >= 11 is 0. The van der Waals surface area contributed by atoms with Crippen molar-refractivity contribution in [1.82, 2.24) is 5.32 Å². The maximum absolute atomic E-state index is 12.5. The molecule has 0 spiro atoms. The Balaban J connectivity index is 1.70. The zero-order valence-corrected chi connectivity index (χ0v) is 14.0. The third-order valence-corrected chi connectivity index (χ3v) is 4.57. The summed E-state index contributed by atoms with van der Waals surface area (Å²) in [4.78, 5) is 24.8. The molecule has 1 aliphatic rings. The summed E-state index contributed by atoms with van der Waals surface area (Å²) in [6.45, 7) is 0.229. The van der Waals surface area contributed by atoms with Crippen LogP contribution in [0.5, 0.6) is 0 Å². The zero-order valence-electron chi connectivity index (χ0n) is 14.0. The summed E-state index contributed by atoms with van der Waals surface area (Å²) in [7, 11) is 0. The molecule has 1 saturated carbocycles. The molecule has 2 aromatic carbocycles. The van der Waals surface area contributed by atoms with Gasteiger partial charge in [0.05, 0.1) is 16.9 Å². The molecule has 0 atom stereocenters. The summed E-state index contributed by atoms with van der Waals surface area (Å²) in [5.74, 6) is -0.570. The van der Waals surface area contributed by atoms with E-state index in [0.29, 0.717) is 29.7 Å². The Bertz CT molecular complexity index is 753. The molecular formula is C20H22N2O3. The molecule has 0 unspecified atom stereocenters. The van der Waals surface area contributed by atoms with E-state index in [1.54, 1.807) is 48.5 Å². The van der Waals surface area contributed by atoms with Gasteiger partial charge in [-0.25, -0.2) is 0 Å². The van der Waals surface area contributed by atoms with Crippen molar-refractivity contribution in [2.75, 3.05) is 11.9 Å². The average Bonchev–Trinajstić information content (AvgIpc) is 3.08. The van der Waals surface area contributed by atoms with E-state index in [1.807, 2.05) is 6.07 Å². The van der Waals surface area contributed by atoms with Crippen molar-refractivity contribution in [1.29, 1.82) is 0 Å². The molecule has 0 radical (unpaired) electrons. The van der Waals surface area contributed by atoms with Crippen LogP contribution in [-0.4, -0.2) is 29.1 Å². The molecule has 0 aromatic heterocycles. The van der Waals surface area contributed by atoms with Crippen LogP contribution in [0.2, 0.25) is 0 Å². The third-order valence-electron chi connectivity index (χ3n) is 4.57. The number of carbonyl (C=O) groups excluding carboxylic acids is 2. The SMILES string of the molecule is O=C(Nc1ccccc1C(=O)NCC1(O)CCCC1)c1ccccc1. The fourth-order valence-corrected chi connectivity index (χ4v) is 3.12. The maximum atomic E-state index is 12.5. The summed E-state index contributed by atoms with van der Waals surface area (Å²) in [5, 5.41) is 15.9. The van der Waals surface area contributed by atoms with E-state index >= 15 is 0 Å². The molecule has 5 nitrogen and oxygen atoms in total. The molecule has 1 fully saturated rings. The van der Waals surface area contributed by atoms with E-state index in [-0.39, 0.29) is 18.4 Å². The normalized spacial score (nSPS) is 15.6. The Morgan fingerprint density at radius 3 is 2.28 bits per heavy atom. The van der Waals surface area contributed by atoms with E-state index in [0.717, 1.165) is 12.8 Å². The van der Waals surface area contributed by atoms with Crippen LogP contribution in [0.4, 0.5) is 5.69 Å². The van der Waals surface area contributed by atoms with Crippen LogP contribution in [0.1, 0.15) is 46.4 Å². The van der Waals surface area contributed by atoms with Crippen LogP contribution in [-0.2, 0) is 0 Å². The van der Waals surface area contributed by atoms with Gasteiger partial charge < -0.3 is 15.7 Å². The molecule has 3 N–H and O–H groups in total. The predicted octanol–water partition coefficient (Wildman–Crippen LogP) is 2.97. The molecular weight excluding hydrogens is 316 g/mol. The summed E-state index contributed by atoms with van der Waals surface area (Å²) in [5.41, 5.74) is 0.552. The van der Waals surface area contributed by atoms with Gasteiger partial charge in [0.15, 0.2) is 0 Å². The number of aliphatic hydroxyl groups is 1. The number of nitrogens with one attached hydrogen (secondary N) is 2. The lowest BCUT2D eigenvalue weighted by Crippen LogP contribution is -2.41. The second kappa shape index (κ2) is 7.49. The van der Waals surface area contributed by atoms with Crippen molar-refractivity contribution in [3.8, 4) is 0 Å². The fraction of sp³-hybridized carbons (Fsp3) is 0.300. The van der Waals surface area contributed by atoms with Crippen LogP contribution >= 0.6 is 0 Å². The number of hydrogen-bond acceptors (Lipinski definition) is 3. The number of para-hydroxylation sites is 1. The van der Waals surface area contributed by atoms with E-state index in [4.69, 9.17) is 0 Å². The predicted molar refractivity (Wildman–Crippen MR) is 96.6 cm³/mol. The molecule has 0 saturated heterocycles. The molecule has 3 rings (SSSR count). The molecule has 1 aliphatic carbocycles. The van der Waals surface area contributed by atoms with Gasteiger partial charge in [-0.15, -0.1) is 0 Å². The average molecular weight is 338 g/mol. The van der Waals surface area contributed by atoms with E-state index in [2.05, 4.69) is 10.6 Å². The Labute approximate surface area is 147 Å². The first-order valence-electron chi connectivity index (χ1n) is 8.53. The van der Waals surface area contributed by atoms with Gasteiger partial charge in [0.2, 0.25) is 0 Å². The van der Waals surface area contributed by atoms with Gasteiger partial charge >= 0.3 is 0 Å². The molecule has 25 heavy (non-hydrogen) atoms. The minimum atomic E-state index is -0.808. The van der Waals surface area contributed by atoms with Crippen LogP contribution < -0.4 is 10.6 Å². The lowest BCUT2D eigenvalue weighted by molar-refractivity contribution is 0.0450. The van der Waals surface area contributed by atoms with Gasteiger partial charge in [0.25, 0.3) is 11.8 Å². The molecule has 2 amide bonds. The van der Waals surface area contributed by atoms with Crippen LogP contribution in [0.15, 0.2) is 54.6 Å². The van der Waals surface area contributed by atoms with Gasteiger partial charge in [-0.3, -0.25) is 9.59 Å². The lowest BCUT2D eigenvalue weighted by atomic mass is 10.0. The second-order valence-electron chi connectivity index (χ2n) is 6.48. The molecule has 0 heterocycles. The highest BCUT2D eigenvalue weighted by atomic mass is 16.3. The number of hydrogen-bond donors (Lipinski definition) is 3. The van der Waals surface area contributed by atoms with E-state index in [9.17, 15) is 14.7 Å². The number of rotatable bonds is 5. The first kappa shape index (κ1) is 17.2. The molecule has 2 aromatic rings. The van der Waals surface area contributed by atoms with E-state index < -0.39 is 5.60 Å². The molecule has 0 bridgehead atoms. The number of anilines is 1. The summed E-state index contributed by atoms with van der Waals surface area (Å²) in [6.07, 6.45) is 3.38. The van der Waals surface area contributed by atoms with Crippen molar-refractivity contribution in [2.24, 2.45) is 0 Å². The van der Waals surface area contributed by atoms with Gasteiger partial charge in [0, 0.05) is 12.1 Å². The highest BCUT2D eigenvalue weighted by Gasteiger charge is 2.31. The van der Waals surface area contributed by atoms with Crippen molar-refractivity contribution in [3.63, 3.8) is 0 Å². The second-order valence-corrected chi connectivity index (χ2v) is 6.48. The first-order chi connectivity index (χ1) is 12.1. The Morgan fingerprint density at radius 1 is 0.920 bits per heavy atom. The quantitative estimate of drug-likeness (QED) is 0.784. The smallest absolute Gasteiger partial charge is 0.255 e. The summed E-state index contributed by atoms with van der Waals surface area (Å²) in [6, 6.07) is 15.7. The first-order valence-corrected chi connectivity index (χ1v) is 8.53. The van der Waals surface area contributed by atoms with Crippen molar-refractivity contribution in [3.05, 3.63) is 65.7 Å². The molecule has 130 valence electrons. The monoisotopic (exact) mass is 338 g/mol. The largest absolute Gasteiger partial charge is 0.388 e. The van der Waals surface area contributed by atoms with Crippen LogP contribution in [0.25, 0.3) is 0 Å². The Kier molecular flexibility index (Phi) is 5.14. The third kappa shape index (κ3) is 4.25. The van der Waals surface area contributed by atoms with Crippen molar-refractivity contribution in [2.45, 2.75) is 31.3 Å². The van der Waals surface area contributed by atoms with Gasteiger partial charge in [-0.05, 0) is 37.1 Å². The summed E-state index contributed by atoms with van der Waals surface area (Å²) < 4.78 is 0. The fourth-order valence-electron chi connectivity index (χ4n) is 3.12. The highest BCUT2D eigenvalue weighted by Crippen LogP contribution is 2.28. The van der Waals surface area contributed by atoms with Crippen molar-refractivity contribution < 1.29 is 14.7 Å².